The van der Waals surface area contributed by atoms with Gasteiger partial charge in [-0.3, -0.25) is 4.79 Å². The highest BCUT2D eigenvalue weighted by molar-refractivity contribution is 6.01. The van der Waals surface area contributed by atoms with Crippen molar-refractivity contribution in [1.29, 1.82) is 0 Å². The van der Waals surface area contributed by atoms with E-state index in [0.29, 0.717) is 6.54 Å². The minimum absolute atomic E-state index is 0.0308. The molecule has 0 radical (unpaired) electrons. The van der Waals surface area contributed by atoms with E-state index in [-0.39, 0.29) is 5.91 Å². The molecule has 2 aromatic heterocycles. The number of nitrogens with zero attached hydrogens (tertiary/aromatic N) is 1. The van der Waals surface area contributed by atoms with Crippen LogP contribution in [0.5, 0.6) is 0 Å². The molecule has 0 atom stereocenters. The lowest BCUT2D eigenvalue weighted by Gasteiger charge is -2.09. The molecule has 4 rings (SSSR count). The van der Waals surface area contributed by atoms with Crippen molar-refractivity contribution in [2.24, 2.45) is 0 Å². The van der Waals surface area contributed by atoms with Crippen molar-refractivity contribution < 1.29 is 4.79 Å². The number of carbonyl (C=O) groups excluding carboxylic acids is 1. The summed E-state index contributed by atoms with van der Waals surface area (Å²) in [6.45, 7) is 2.37. The Balaban J connectivity index is 1.59. The molecule has 0 saturated heterocycles. The number of aromatic nitrogens is 2. The van der Waals surface area contributed by atoms with Crippen molar-refractivity contribution >= 4 is 33.4 Å². The van der Waals surface area contributed by atoms with Crippen molar-refractivity contribution in [1.82, 2.24) is 9.55 Å². The van der Waals surface area contributed by atoms with Gasteiger partial charge in [0.1, 0.15) is 6.54 Å². The summed E-state index contributed by atoms with van der Waals surface area (Å²) in [5.74, 6) is -0.0308. The van der Waals surface area contributed by atoms with Gasteiger partial charge in [-0.25, -0.2) is 0 Å². The zero-order chi connectivity index (χ0) is 15.8. The van der Waals surface area contributed by atoms with Crippen molar-refractivity contribution in [3.63, 3.8) is 0 Å². The molecule has 4 heteroatoms. The third-order valence-electron chi connectivity index (χ3n) is 4.11. The smallest absolute Gasteiger partial charge is 0.244 e. The number of carbonyl (C=O) groups is 1. The topological polar surface area (TPSA) is 49.8 Å². The van der Waals surface area contributed by atoms with Gasteiger partial charge in [-0.05, 0) is 48.7 Å². The van der Waals surface area contributed by atoms with Crippen LogP contribution in [0.3, 0.4) is 0 Å². The average Bonchev–Trinajstić information content (AvgIpc) is 3.15. The first kappa shape index (κ1) is 13.6. The van der Waals surface area contributed by atoms with Gasteiger partial charge in [-0.1, -0.05) is 17.7 Å². The van der Waals surface area contributed by atoms with Crippen LogP contribution in [0, 0.1) is 6.92 Å². The fourth-order valence-electron chi connectivity index (χ4n) is 3.00. The minimum Gasteiger partial charge on any atom is -0.361 e. The molecule has 0 unspecified atom stereocenters. The number of hydrogen-bond donors (Lipinski definition) is 2. The van der Waals surface area contributed by atoms with E-state index >= 15 is 0 Å². The number of anilines is 1. The molecule has 4 aromatic rings. The van der Waals surface area contributed by atoms with E-state index in [1.54, 1.807) is 0 Å². The van der Waals surface area contributed by atoms with E-state index in [0.717, 1.165) is 27.5 Å². The SMILES string of the molecule is Cc1ccc2c(ccn2CC(=O)Nc2cccc3[nH]ccc23)c1. The third-order valence-corrected chi connectivity index (χ3v) is 4.11. The summed E-state index contributed by atoms with van der Waals surface area (Å²) in [5.41, 5.74) is 4.15. The Hall–Kier alpha value is -3.01. The highest BCUT2D eigenvalue weighted by Crippen LogP contribution is 2.22. The van der Waals surface area contributed by atoms with Gasteiger partial charge in [0.05, 0.1) is 5.69 Å². The lowest BCUT2D eigenvalue weighted by Crippen LogP contribution is -2.18. The van der Waals surface area contributed by atoms with Crippen LogP contribution in [-0.4, -0.2) is 15.5 Å². The fourth-order valence-corrected chi connectivity index (χ4v) is 3.00. The van der Waals surface area contributed by atoms with Crippen molar-refractivity contribution in [3.05, 3.63) is 66.5 Å². The van der Waals surface area contributed by atoms with Gasteiger partial charge in [-0.15, -0.1) is 0 Å². The molecule has 2 heterocycles. The quantitative estimate of drug-likeness (QED) is 0.589. The van der Waals surface area contributed by atoms with Crippen LogP contribution in [-0.2, 0) is 11.3 Å². The van der Waals surface area contributed by atoms with Crippen molar-refractivity contribution in [2.45, 2.75) is 13.5 Å². The molecular weight excluding hydrogens is 286 g/mol. The summed E-state index contributed by atoms with van der Waals surface area (Å²) in [6.07, 6.45) is 3.84. The van der Waals surface area contributed by atoms with E-state index < -0.39 is 0 Å². The number of benzene rings is 2. The molecule has 2 aromatic carbocycles. The second kappa shape index (κ2) is 5.32. The van der Waals surface area contributed by atoms with E-state index in [9.17, 15) is 4.79 Å². The van der Waals surface area contributed by atoms with Gasteiger partial charge in [0.25, 0.3) is 0 Å². The first-order chi connectivity index (χ1) is 11.2. The lowest BCUT2D eigenvalue weighted by molar-refractivity contribution is -0.116. The number of aromatic amines is 1. The molecule has 23 heavy (non-hydrogen) atoms. The standard InChI is InChI=1S/C19H17N3O/c1-13-5-6-18-14(11-13)8-10-22(18)12-19(23)21-17-4-2-3-16-15(17)7-9-20-16/h2-11,20H,12H2,1H3,(H,21,23). The number of nitrogens with one attached hydrogen (secondary N) is 2. The van der Waals surface area contributed by atoms with E-state index in [1.165, 1.54) is 5.56 Å². The molecule has 0 aliphatic carbocycles. The Morgan fingerprint density at radius 2 is 2.09 bits per heavy atom. The van der Waals surface area contributed by atoms with E-state index in [4.69, 9.17) is 0 Å². The molecule has 1 amide bonds. The molecule has 2 N–H and O–H groups in total. The third kappa shape index (κ3) is 2.48. The molecule has 0 bridgehead atoms. The average molecular weight is 303 g/mol. The molecule has 0 fully saturated rings. The zero-order valence-electron chi connectivity index (χ0n) is 12.8. The summed E-state index contributed by atoms with van der Waals surface area (Å²) in [4.78, 5) is 15.6. The Bertz CT molecular complexity index is 1010. The minimum atomic E-state index is -0.0308. The molecule has 114 valence electrons. The van der Waals surface area contributed by atoms with Crippen LogP contribution < -0.4 is 5.32 Å². The lowest BCUT2D eigenvalue weighted by atomic mass is 10.2. The monoisotopic (exact) mass is 303 g/mol. The number of H-pyrrole nitrogens is 1. The molecular formula is C19H17N3O. The van der Waals surface area contributed by atoms with Gasteiger partial charge in [0.2, 0.25) is 5.91 Å². The number of rotatable bonds is 3. The fraction of sp³-hybridized carbons (Fsp3) is 0.105. The Kier molecular flexibility index (Phi) is 3.15. The number of amides is 1. The van der Waals surface area contributed by atoms with Crippen LogP contribution in [0.2, 0.25) is 0 Å². The highest BCUT2D eigenvalue weighted by Gasteiger charge is 2.09. The zero-order valence-corrected chi connectivity index (χ0v) is 12.8. The maximum Gasteiger partial charge on any atom is 0.244 e. The van der Waals surface area contributed by atoms with Gasteiger partial charge in [0, 0.05) is 28.8 Å². The van der Waals surface area contributed by atoms with Crippen LogP contribution >= 0.6 is 0 Å². The van der Waals surface area contributed by atoms with Crippen LogP contribution in [0.1, 0.15) is 5.56 Å². The first-order valence-corrected chi connectivity index (χ1v) is 7.62. The van der Waals surface area contributed by atoms with Crippen molar-refractivity contribution in [3.8, 4) is 0 Å². The normalized spacial score (nSPS) is 11.2. The molecule has 0 saturated carbocycles. The summed E-state index contributed by atoms with van der Waals surface area (Å²) < 4.78 is 1.97. The number of hydrogen-bond acceptors (Lipinski definition) is 1. The summed E-state index contributed by atoms with van der Waals surface area (Å²) in [7, 11) is 0. The second-order valence-electron chi connectivity index (χ2n) is 5.80. The summed E-state index contributed by atoms with van der Waals surface area (Å²) in [6, 6.07) is 16.1. The Morgan fingerprint density at radius 3 is 3.00 bits per heavy atom. The maximum atomic E-state index is 12.4. The highest BCUT2D eigenvalue weighted by atomic mass is 16.1. The summed E-state index contributed by atoms with van der Waals surface area (Å²) >= 11 is 0. The molecule has 0 aliphatic rings. The predicted octanol–water partition coefficient (Wildman–Crippen LogP) is 4.07. The molecule has 0 spiro atoms. The Morgan fingerprint density at radius 1 is 1.17 bits per heavy atom. The first-order valence-electron chi connectivity index (χ1n) is 7.62. The van der Waals surface area contributed by atoms with Crippen LogP contribution in [0.15, 0.2) is 60.9 Å². The van der Waals surface area contributed by atoms with E-state index in [2.05, 4.69) is 35.4 Å². The molecule has 4 nitrogen and oxygen atoms in total. The van der Waals surface area contributed by atoms with Crippen LogP contribution in [0.4, 0.5) is 5.69 Å². The largest absolute Gasteiger partial charge is 0.361 e. The van der Waals surface area contributed by atoms with Gasteiger partial charge in [-0.2, -0.15) is 0 Å². The summed E-state index contributed by atoms with van der Waals surface area (Å²) in [5, 5.41) is 5.19. The van der Waals surface area contributed by atoms with Gasteiger partial charge >= 0.3 is 0 Å². The predicted molar refractivity (Wildman–Crippen MR) is 93.6 cm³/mol. The second-order valence-corrected chi connectivity index (χ2v) is 5.80. The van der Waals surface area contributed by atoms with Crippen molar-refractivity contribution in [2.75, 3.05) is 5.32 Å². The maximum absolute atomic E-state index is 12.4. The Labute approximate surface area is 133 Å². The molecule has 0 aliphatic heterocycles. The van der Waals surface area contributed by atoms with Gasteiger partial charge < -0.3 is 14.9 Å². The number of aryl methyl sites for hydroxylation is 1. The van der Waals surface area contributed by atoms with Gasteiger partial charge in [0.15, 0.2) is 0 Å². The van der Waals surface area contributed by atoms with E-state index in [1.807, 2.05) is 47.3 Å². The number of fused-ring (bicyclic) bond motifs is 2. The van der Waals surface area contributed by atoms with Crippen LogP contribution in [0.25, 0.3) is 21.8 Å².